The zero-order chi connectivity index (χ0) is 17.2. The second kappa shape index (κ2) is 6.39. The number of nitrogens with one attached hydrogen (secondary N) is 2. The number of nitrogens with zero attached hydrogens (tertiary/aromatic N) is 2. The summed E-state index contributed by atoms with van der Waals surface area (Å²) >= 11 is 0. The van der Waals surface area contributed by atoms with Crippen LogP contribution in [-0.4, -0.2) is 40.2 Å². The molecule has 0 radical (unpaired) electrons. The fourth-order valence-corrected chi connectivity index (χ4v) is 3.24. The van der Waals surface area contributed by atoms with E-state index in [1.807, 2.05) is 20.8 Å². The molecular formula is C15H22N4O4. The van der Waals surface area contributed by atoms with Gasteiger partial charge in [-0.05, 0) is 24.7 Å². The summed E-state index contributed by atoms with van der Waals surface area (Å²) in [5.74, 6) is -0.411. The maximum Gasteiger partial charge on any atom is 0.320 e. The van der Waals surface area contributed by atoms with Crippen LogP contribution in [-0.2, 0) is 4.79 Å². The molecule has 0 saturated heterocycles. The molecule has 126 valence electrons. The lowest BCUT2D eigenvalue weighted by Gasteiger charge is -2.52. The van der Waals surface area contributed by atoms with Crippen LogP contribution < -0.4 is 15.4 Å². The largest absolute Gasteiger partial charge is 0.491 e. The quantitative estimate of drug-likeness (QED) is 0.761. The van der Waals surface area contributed by atoms with Gasteiger partial charge in [-0.3, -0.25) is 10.1 Å². The van der Waals surface area contributed by atoms with E-state index in [9.17, 15) is 14.7 Å². The van der Waals surface area contributed by atoms with Crippen LogP contribution in [0, 0.1) is 17.3 Å². The minimum absolute atomic E-state index is 0.0987. The molecule has 1 aliphatic rings. The molecule has 3 atom stereocenters. The number of aliphatic carboxylic acids is 1. The Hall–Kier alpha value is -2.38. The zero-order valence-corrected chi connectivity index (χ0v) is 13.7. The number of carbonyl (C=O) groups excluding carboxylic acids is 1. The number of methoxy groups -OCH3 is 1. The maximum atomic E-state index is 12.1. The van der Waals surface area contributed by atoms with Gasteiger partial charge in [-0.1, -0.05) is 13.8 Å². The van der Waals surface area contributed by atoms with Crippen molar-refractivity contribution in [3.05, 3.63) is 12.5 Å². The zero-order valence-electron chi connectivity index (χ0n) is 13.7. The first-order valence-electron chi connectivity index (χ1n) is 7.41. The summed E-state index contributed by atoms with van der Waals surface area (Å²) < 4.78 is 5.07. The Morgan fingerprint density at radius 2 is 2.17 bits per heavy atom. The van der Waals surface area contributed by atoms with Crippen LogP contribution in [0.25, 0.3) is 0 Å². The lowest BCUT2D eigenvalue weighted by atomic mass is 9.53. The predicted octanol–water partition coefficient (Wildman–Crippen LogP) is 1.74. The molecule has 3 N–H and O–H groups in total. The van der Waals surface area contributed by atoms with Gasteiger partial charge in [-0.25, -0.2) is 14.8 Å². The van der Waals surface area contributed by atoms with Gasteiger partial charge < -0.3 is 15.2 Å². The van der Waals surface area contributed by atoms with Crippen molar-refractivity contribution in [3.63, 3.8) is 0 Å². The first-order chi connectivity index (χ1) is 10.8. The third-order valence-electron chi connectivity index (χ3n) is 4.73. The number of ether oxygens (including phenoxy) is 1. The van der Waals surface area contributed by atoms with Crippen LogP contribution in [0.5, 0.6) is 5.75 Å². The van der Waals surface area contributed by atoms with Crippen molar-refractivity contribution in [2.75, 3.05) is 12.4 Å². The van der Waals surface area contributed by atoms with Crippen molar-refractivity contribution in [1.29, 1.82) is 0 Å². The first-order valence-corrected chi connectivity index (χ1v) is 7.41. The summed E-state index contributed by atoms with van der Waals surface area (Å²) in [6, 6.07) is -0.572. The molecule has 1 aromatic rings. The normalized spacial score (nSPS) is 23.3. The van der Waals surface area contributed by atoms with Gasteiger partial charge in [0.1, 0.15) is 6.33 Å². The van der Waals surface area contributed by atoms with Gasteiger partial charge in [-0.15, -0.1) is 0 Å². The number of carboxylic acid groups (broad SMARTS) is 1. The van der Waals surface area contributed by atoms with E-state index in [0.717, 1.165) is 0 Å². The molecular weight excluding hydrogens is 300 g/mol. The molecule has 1 saturated carbocycles. The molecule has 0 aliphatic heterocycles. The number of amides is 2. The number of aromatic nitrogens is 2. The number of carbonyl (C=O) groups is 2. The van der Waals surface area contributed by atoms with Crippen molar-refractivity contribution in [3.8, 4) is 5.75 Å². The van der Waals surface area contributed by atoms with Gasteiger partial charge in [0.15, 0.2) is 11.6 Å². The van der Waals surface area contributed by atoms with Gasteiger partial charge in [0.05, 0.1) is 19.2 Å². The van der Waals surface area contributed by atoms with Crippen LogP contribution in [0.4, 0.5) is 10.6 Å². The maximum absolute atomic E-state index is 12.1. The van der Waals surface area contributed by atoms with Crippen molar-refractivity contribution in [2.45, 2.75) is 33.2 Å². The summed E-state index contributed by atoms with van der Waals surface area (Å²) in [6.07, 6.45) is 3.33. The summed E-state index contributed by atoms with van der Waals surface area (Å²) in [6.45, 7) is 5.72. The van der Waals surface area contributed by atoms with E-state index in [1.165, 1.54) is 19.6 Å². The van der Waals surface area contributed by atoms with Crippen molar-refractivity contribution in [2.24, 2.45) is 17.3 Å². The fraction of sp³-hybridized carbons (Fsp3) is 0.600. The summed E-state index contributed by atoms with van der Waals surface area (Å²) in [5, 5.41) is 14.6. The molecule has 1 heterocycles. The Bertz CT molecular complexity index is 605. The van der Waals surface area contributed by atoms with Crippen LogP contribution in [0.15, 0.2) is 12.5 Å². The van der Waals surface area contributed by atoms with E-state index in [1.54, 1.807) is 0 Å². The number of urea groups is 1. The van der Waals surface area contributed by atoms with Crippen LogP contribution in [0.1, 0.15) is 27.2 Å². The van der Waals surface area contributed by atoms with Gasteiger partial charge in [0, 0.05) is 6.04 Å². The Balaban J connectivity index is 1.95. The molecule has 8 nitrogen and oxygen atoms in total. The Kier molecular flexibility index (Phi) is 4.72. The van der Waals surface area contributed by atoms with E-state index in [2.05, 4.69) is 20.6 Å². The smallest absolute Gasteiger partial charge is 0.320 e. The molecule has 0 bridgehead atoms. The van der Waals surface area contributed by atoms with E-state index >= 15 is 0 Å². The third kappa shape index (κ3) is 3.35. The second-order valence-electron chi connectivity index (χ2n) is 6.38. The Labute approximate surface area is 134 Å². The number of hydrogen-bond donors (Lipinski definition) is 3. The monoisotopic (exact) mass is 322 g/mol. The molecule has 1 fully saturated rings. The van der Waals surface area contributed by atoms with Crippen molar-refractivity contribution >= 4 is 17.8 Å². The standard InChI is InChI=1S/C15H22N4O4/c1-8(9-5-10(13(20)21)15(9,2)3)18-14(22)19-12-11(23-4)6-16-7-17-12/h6-10H,5H2,1-4H3,(H,20,21)(H2,16,17,18,19,22)/t8?,9-,10+/m0/s1. The fourth-order valence-electron chi connectivity index (χ4n) is 3.24. The molecule has 23 heavy (non-hydrogen) atoms. The lowest BCUT2D eigenvalue weighted by Crippen LogP contribution is -2.57. The highest BCUT2D eigenvalue weighted by molar-refractivity contribution is 5.89. The SMILES string of the molecule is COc1cncnc1NC(=O)NC(C)[C@@H]1C[C@H](C(=O)O)C1(C)C. The molecule has 1 unspecified atom stereocenters. The minimum Gasteiger partial charge on any atom is -0.491 e. The first kappa shape index (κ1) is 17.0. The van der Waals surface area contributed by atoms with E-state index in [4.69, 9.17) is 4.74 Å². The highest BCUT2D eigenvalue weighted by atomic mass is 16.5. The van der Waals surface area contributed by atoms with Crippen LogP contribution >= 0.6 is 0 Å². The molecule has 0 spiro atoms. The highest BCUT2D eigenvalue weighted by Gasteiger charge is 2.53. The molecule has 2 rings (SSSR count). The van der Waals surface area contributed by atoms with Gasteiger partial charge in [0.2, 0.25) is 0 Å². The minimum atomic E-state index is -0.784. The summed E-state index contributed by atoms with van der Waals surface area (Å²) in [7, 11) is 1.47. The topological polar surface area (TPSA) is 113 Å². The summed E-state index contributed by atoms with van der Waals surface area (Å²) in [4.78, 5) is 31.0. The molecule has 1 aliphatic carbocycles. The average molecular weight is 322 g/mol. The number of hydrogen-bond acceptors (Lipinski definition) is 5. The van der Waals surface area contributed by atoms with Gasteiger partial charge in [-0.2, -0.15) is 0 Å². The van der Waals surface area contributed by atoms with Crippen molar-refractivity contribution in [1.82, 2.24) is 15.3 Å². The number of carboxylic acids is 1. The van der Waals surface area contributed by atoms with Gasteiger partial charge >= 0.3 is 12.0 Å². The molecule has 0 aromatic carbocycles. The van der Waals surface area contributed by atoms with Gasteiger partial charge in [0.25, 0.3) is 0 Å². The van der Waals surface area contributed by atoms with E-state index in [0.29, 0.717) is 12.2 Å². The van der Waals surface area contributed by atoms with Crippen LogP contribution in [0.3, 0.4) is 0 Å². The Morgan fingerprint density at radius 3 is 2.74 bits per heavy atom. The Morgan fingerprint density at radius 1 is 1.48 bits per heavy atom. The lowest BCUT2D eigenvalue weighted by molar-refractivity contribution is -0.160. The number of anilines is 1. The number of rotatable bonds is 5. The van der Waals surface area contributed by atoms with Crippen LogP contribution in [0.2, 0.25) is 0 Å². The highest BCUT2D eigenvalue weighted by Crippen LogP contribution is 2.52. The van der Waals surface area contributed by atoms with E-state index in [-0.39, 0.29) is 29.1 Å². The molecule has 8 heteroatoms. The third-order valence-corrected chi connectivity index (χ3v) is 4.73. The average Bonchev–Trinajstić information content (AvgIpc) is 2.46. The van der Waals surface area contributed by atoms with Crippen molar-refractivity contribution < 1.29 is 19.4 Å². The predicted molar refractivity (Wildman–Crippen MR) is 83.2 cm³/mol. The molecule has 1 aromatic heterocycles. The van der Waals surface area contributed by atoms with E-state index < -0.39 is 12.0 Å². The second-order valence-corrected chi connectivity index (χ2v) is 6.38. The molecule has 2 amide bonds. The summed E-state index contributed by atoms with van der Waals surface area (Å²) in [5.41, 5.74) is -0.356.